The molecule has 10 nitrogen and oxygen atoms in total. The highest BCUT2D eigenvalue weighted by Gasteiger charge is 2.22. The van der Waals surface area contributed by atoms with Crippen molar-refractivity contribution in [3.8, 4) is 22.8 Å². The van der Waals surface area contributed by atoms with E-state index in [1.807, 2.05) is 4.90 Å². The number of morpholine rings is 1. The van der Waals surface area contributed by atoms with Gasteiger partial charge in [-0.1, -0.05) is 12.1 Å². The highest BCUT2D eigenvalue weighted by Crippen LogP contribution is 2.34. The molecule has 3 aromatic rings. The highest BCUT2D eigenvalue weighted by atomic mass is 16.5. The topological polar surface area (TPSA) is 138 Å². The van der Waals surface area contributed by atoms with E-state index in [-0.39, 0.29) is 35.9 Å². The van der Waals surface area contributed by atoms with Crippen molar-refractivity contribution in [3.05, 3.63) is 36.0 Å². The van der Waals surface area contributed by atoms with Gasteiger partial charge in [-0.25, -0.2) is 19.7 Å². The zero-order valence-corrected chi connectivity index (χ0v) is 16.0. The maximum absolute atomic E-state index is 11.6. The van der Waals surface area contributed by atoms with Crippen LogP contribution in [0.4, 0.5) is 5.95 Å². The van der Waals surface area contributed by atoms with Gasteiger partial charge in [0.15, 0.2) is 5.69 Å². The molecule has 2 aromatic heterocycles. The van der Waals surface area contributed by atoms with Crippen LogP contribution >= 0.6 is 0 Å². The number of phenolic OH excluding ortho intramolecular Hbond substituents is 1. The van der Waals surface area contributed by atoms with Gasteiger partial charge >= 0.3 is 5.97 Å². The number of aromatic hydroxyl groups is 1. The van der Waals surface area contributed by atoms with Gasteiger partial charge in [-0.2, -0.15) is 0 Å². The molecule has 1 aliphatic rings. The number of aliphatic hydroxyl groups excluding tert-OH is 1. The molecule has 3 N–H and O–H groups in total. The maximum Gasteiger partial charge on any atom is 0.354 e. The zero-order valence-electron chi connectivity index (χ0n) is 16.0. The first-order chi connectivity index (χ1) is 14.6. The lowest BCUT2D eigenvalue weighted by atomic mass is 10.1. The summed E-state index contributed by atoms with van der Waals surface area (Å²) in [4.78, 5) is 27.1. The number of hydrogen-bond donors (Lipinski definition) is 3. The molecule has 1 aromatic carbocycles. The molecule has 0 atom stereocenters. The van der Waals surface area contributed by atoms with Crippen LogP contribution in [-0.2, 0) is 4.74 Å². The fourth-order valence-electron chi connectivity index (χ4n) is 3.20. The van der Waals surface area contributed by atoms with Gasteiger partial charge in [0.25, 0.3) is 0 Å². The van der Waals surface area contributed by atoms with Gasteiger partial charge in [0.1, 0.15) is 34.8 Å². The molecule has 0 aliphatic carbocycles. The standard InChI is InChI=1S/C20H20N4O6/c25-6-9-30-15-11-14(19(27)28)21-18-16(12-2-1-3-13(26)10-12)22-20(23-17(15)18)24-4-7-29-8-5-24/h1-3,10-11,25-26H,4-9H2,(H,27,28). The first-order valence-electron chi connectivity index (χ1n) is 9.38. The van der Waals surface area contributed by atoms with E-state index in [2.05, 4.69) is 15.0 Å². The summed E-state index contributed by atoms with van der Waals surface area (Å²) in [5.41, 5.74) is 1.24. The number of carboxylic acid groups (broad SMARTS) is 1. The Morgan fingerprint density at radius 1 is 1.13 bits per heavy atom. The second-order valence-corrected chi connectivity index (χ2v) is 6.60. The van der Waals surface area contributed by atoms with Gasteiger partial charge in [-0.15, -0.1) is 0 Å². The number of aliphatic hydroxyl groups is 1. The Labute approximate surface area is 171 Å². The number of rotatable bonds is 6. The summed E-state index contributed by atoms with van der Waals surface area (Å²) in [6.07, 6.45) is 0. The second-order valence-electron chi connectivity index (χ2n) is 6.60. The monoisotopic (exact) mass is 412 g/mol. The minimum atomic E-state index is -1.23. The van der Waals surface area contributed by atoms with Gasteiger partial charge < -0.3 is 29.7 Å². The first-order valence-corrected chi connectivity index (χ1v) is 9.38. The lowest BCUT2D eigenvalue weighted by Gasteiger charge is -2.27. The Bertz CT molecular complexity index is 1080. The Morgan fingerprint density at radius 3 is 2.63 bits per heavy atom. The number of hydrogen-bond acceptors (Lipinski definition) is 9. The van der Waals surface area contributed by atoms with Crippen molar-refractivity contribution in [3.63, 3.8) is 0 Å². The number of fused-ring (bicyclic) bond motifs is 1. The minimum Gasteiger partial charge on any atom is -0.508 e. The molecule has 3 heterocycles. The molecule has 4 rings (SSSR count). The van der Waals surface area contributed by atoms with Crippen molar-refractivity contribution in [1.82, 2.24) is 15.0 Å². The SMILES string of the molecule is O=C(O)c1cc(OCCO)c2nc(N3CCOCC3)nc(-c3cccc(O)c3)c2n1. The van der Waals surface area contributed by atoms with Crippen molar-refractivity contribution >= 4 is 23.0 Å². The molecule has 1 saturated heterocycles. The van der Waals surface area contributed by atoms with E-state index in [1.54, 1.807) is 12.1 Å². The number of aromatic carboxylic acids is 1. The molecule has 0 radical (unpaired) electrons. The lowest BCUT2D eigenvalue weighted by Crippen LogP contribution is -2.37. The van der Waals surface area contributed by atoms with Crippen molar-refractivity contribution in [2.45, 2.75) is 0 Å². The van der Waals surface area contributed by atoms with Gasteiger partial charge in [0, 0.05) is 24.7 Å². The Balaban J connectivity index is 1.99. The number of ether oxygens (including phenoxy) is 2. The van der Waals surface area contributed by atoms with Gasteiger partial charge in [-0.05, 0) is 12.1 Å². The van der Waals surface area contributed by atoms with Gasteiger partial charge in [-0.3, -0.25) is 0 Å². The van der Waals surface area contributed by atoms with Crippen molar-refractivity contribution in [2.24, 2.45) is 0 Å². The third-order valence-corrected chi connectivity index (χ3v) is 4.59. The molecule has 10 heteroatoms. The van der Waals surface area contributed by atoms with Crippen LogP contribution in [0.25, 0.3) is 22.3 Å². The molecule has 0 amide bonds. The van der Waals surface area contributed by atoms with Crippen LogP contribution in [-0.4, -0.2) is 75.8 Å². The van der Waals surface area contributed by atoms with E-state index >= 15 is 0 Å². The average molecular weight is 412 g/mol. The van der Waals surface area contributed by atoms with Gasteiger partial charge in [0.05, 0.1) is 19.8 Å². The summed E-state index contributed by atoms with van der Waals surface area (Å²) >= 11 is 0. The molecule has 0 saturated carbocycles. The van der Waals surface area contributed by atoms with Crippen LogP contribution in [0.15, 0.2) is 30.3 Å². The number of anilines is 1. The number of aromatic nitrogens is 3. The number of carbonyl (C=O) groups is 1. The van der Waals surface area contributed by atoms with E-state index in [4.69, 9.17) is 14.6 Å². The number of benzene rings is 1. The van der Waals surface area contributed by atoms with Crippen molar-refractivity contribution in [1.29, 1.82) is 0 Å². The summed E-state index contributed by atoms with van der Waals surface area (Å²) in [5, 5.41) is 28.6. The summed E-state index contributed by atoms with van der Waals surface area (Å²) < 4.78 is 11.0. The Kier molecular flexibility index (Phi) is 5.59. The average Bonchev–Trinajstić information content (AvgIpc) is 2.77. The second kappa shape index (κ2) is 8.47. The van der Waals surface area contributed by atoms with Crippen LogP contribution in [0.1, 0.15) is 10.5 Å². The molecule has 0 unspecified atom stereocenters. The fraction of sp³-hybridized carbons (Fsp3) is 0.300. The van der Waals surface area contributed by atoms with Crippen molar-refractivity contribution < 1.29 is 29.6 Å². The predicted molar refractivity (Wildman–Crippen MR) is 107 cm³/mol. The first kappa shape index (κ1) is 19.8. The van der Waals surface area contributed by atoms with Crippen LogP contribution in [0.5, 0.6) is 11.5 Å². The summed E-state index contributed by atoms with van der Waals surface area (Å²) in [5.74, 6) is -0.587. The van der Waals surface area contributed by atoms with E-state index in [0.717, 1.165) is 0 Å². The number of carboxylic acids is 1. The molecule has 1 fully saturated rings. The number of nitrogens with zero attached hydrogens (tertiary/aromatic N) is 4. The molecule has 30 heavy (non-hydrogen) atoms. The van der Waals surface area contributed by atoms with Crippen LogP contribution in [0, 0.1) is 0 Å². The normalized spacial score (nSPS) is 14.1. The van der Waals surface area contributed by atoms with Crippen molar-refractivity contribution in [2.75, 3.05) is 44.4 Å². The molecule has 0 bridgehead atoms. The molecular formula is C20H20N4O6. The summed E-state index contributed by atoms with van der Waals surface area (Å²) in [7, 11) is 0. The molecule has 156 valence electrons. The number of phenols is 1. The predicted octanol–water partition coefficient (Wildman–Crippen LogP) is 1.30. The third kappa shape index (κ3) is 3.95. The largest absolute Gasteiger partial charge is 0.508 e. The number of pyridine rings is 1. The molecule has 0 spiro atoms. The zero-order chi connectivity index (χ0) is 21.1. The van der Waals surface area contributed by atoms with Gasteiger partial charge in [0.2, 0.25) is 5.95 Å². The molecule has 1 aliphatic heterocycles. The van der Waals surface area contributed by atoms with E-state index in [9.17, 15) is 15.0 Å². The smallest absolute Gasteiger partial charge is 0.354 e. The fourth-order valence-corrected chi connectivity index (χ4v) is 3.20. The van der Waals surface area contributed by atoms with Crippen LogP contribution in [0.2, 0.25) is 0 Å². The highest BCUT2D eigenvalue weighted by molar-refractivity contribution is 5.97. The summed E-state index contributed by atoms with van der Waals surface area (Å²) in [6.45, 7) is 1.99. The lowest BCUT2D eigenvalue weighted by molar-refractivity contribution is 0.0690. The maximum atomic E-state index is 11.6. The van der Waals surface area contributed by atoms with E-state index in [0.29, 0.717) is 49.0 Å². The molecular weight excluding hydrogens is 392 g/mol. The van der Waals surface area contributed by atoms with E-state index in [1.165, 1.54) is 18.2 Å². The van der Waals surface area contributed by atoms with E-state index < -0.39 is 5.97 Å². The van der Waals surface area contributed by atoms with Crippen LogP contribution in [0.3, 0.4) is 0 Å². The Morgan fingerprint density at radius 2 is 1.93 bits per heavy atom. The summed E-state index contributed by atoms with van der Waals surface area (Å²) in [6, 6.07) is 7.74. The third-order valence-electron chi connectivity index (χ3n) is 4.59. The van der Waals surface area contributed by atoms with Crippen LogP contribution < -0.4 is 9.64 Å². The minimum absolute atomic E-state index is 0.0312. The quantitative estimate of drug-likeness (QED) is 0.543. The Hall–Kier alpha value is -3.50.